The summed E-state index contributed by atoms with van der Waals surface area (Å²) < 4.78 is 2.31. The Kier molecular flexibility index (Phi) is 4.04. The van der Waals surface area contributed by atoms with Gasteiger partial charge in [-0.15, -0.1) is 0 Å². The molecule has 1 aliphatic rings. The quantitative estimate of drug-likeness (QED) is 0.717. The van der Waals surface area contributed by atoms with E-state index in [9.17, 15) is 4.79 Å². The van der Waals surface area contributed by atoms with Crippen LogP contribution in [0.25, 0.3) is 11.0 Å². The topological polar surface area (TPSA) is 38.1 Å². The number of hydrogen-bond acceptors (Lipinski definition) is 2. The molecule has 1 amide bonds. The molecule has 0 aliphatic carbocycles. The highest BCUT2D eigenvalue weighted by Crippen LogP contribution is 2.33. The van der Waals surface area contributed by atoms with Crippen LogP contribution in [0.15, 0.2) is 54.6 Å². The van der Waals surface area contributed by atoms with Gasteiger partial charge in [0.15, 0.2) is 0 Å². The number of para-hydroxylation sites is 3. The van der Waals surface area contributed by atoms with Gasteiger partial charge in [-0.25, -0.2) is 4.98 Å². The van der Waals surface area contributed by atoms with Crippen molar-refractivity contribution in [1.29, 1.82) is 0 Å². The molecule has 2 aromatic carbocycles. The average Bonchev–Trinajstić information content (AvgIpc) is 3.16. The molecule has 0 radical (unpaired) electrons. The SMILES string of the molecule is CC(C)Cn1c([C@@H]2CC(=O)N(c3ccccc3)C2)nc2ccccc21. The van der Waals surface area contributed by atoms with Gasteiger partial charge in [-0.05, 0) is 30.2 Å². The molecule has 128 valence electrons. The maximum absolute atomic E-state index is 12.6. The van der Waals surface area contributed by atoms with Gasteiger partial charge in [0.2, 0.25) is 5.91 Å². The van der Waals surface area contributed by atoms with Crippen LogP contribution in [-0.4, -0.2) is 22.0 Å². The van der Waals surface area contributed by atoms with Crippen LogP contribution in [0, 0.1) is 5.92 Å². The number of aromatic nitrogens is 2. The van der Waals surface area contributed by atoms with Crippen molar-refractivity contribution in [1.82, 2.24) is 9.55 Å². The summed E-state index contributed by atoms with van der Waals surface area (Å²) in [6.45, 7) is 6.05. The molecule has 4 heteroatoms. The molecule has 1 atom stereocenters. The Hall–Kier alpha value is -2.62. The van der Waals surface area contributed by atoms with E-state index in [1.165, 1.54) is 0 Å². The van der Waals surface area contributed by atoms with Crippen LogP contribution in [0.3, 0.4) is 0 Å². The number of fused-ring (bicyclic) bond motifs is 1. The largest absolute Gasteiger partial charge is 0.327 e. The highest BCUT2D eigenvalue weighted by atomic mass is 16.2. The summed E-state index contributed by atoms with van der Waals surface area (Å²) in [7, 11) is 0. The lowest BCUT2D eigenvalue weighted by Gasteiger charge is -2.18. The van der Waals surface area contributed by atoms with E-state index in [1.54, 1.807) is 0 Å². The molecule has 25 heavy (non-hydrogen) atoms. The van der Waals surface area contributed by atoms with Crippen molar-refractivity contribution in [3.63, 3.8) is 0 Å². The van der Waals surface area contributed by atoms with Crippen molar-refractivity contribution in [3.8, 4) is 0 Å². The molecule has 0 saturated carbocycles. The molecule has 1 saturated heterocycles. The molecule has 0 bridgehead atoms. The summed E-state index contributed by atoms with van der Waals surface area (Å²) in [6, 6.07) is 18.2. The monoisotopic (exact) mass is 333 g/mol. The van der Waals surface area contributed by atoms with E-state index in [0.29, 0.717) is 18.9 Å². The predicted molar refractivity (Wildman–Crippen MR) is 101 cm³/mol. The second kappa shape index (κ2) is 6.36. The van der Waals surface area contributed by atoms with Gasteiger partial charge in [-0.3, -0.25) is 4.79 Å². The van der Waals surface area contributed by atoms with Crippen molar-refractivity contribution in [2.75, 3.05) is 11.4 Å². The fourth-order valence-electron chi connectivity index (χ4n) is 3.70. The van der Waals surface area contributed by atoms with E-state index < -0.39 is 0 Å². The van der Waals surface area contributed by atoms with Crippen molar-refractivity contribution in [2.24, 2.45) is 5.92 Å². The second-order valence-corrected chi connectivity index (χ2v) is 7.20. The van der Waals surface area contributed by atoms with E-state index in [4.69, 9.17) is 4.98 Å². The van der Waals surface area contributed by atoms with Gasteiger partial charge in [0.05, 0.1) is 11.0 Å². The minimum Gasteiger partial charge on any atom is -0.327 e. The third-order valence-corrected chi connectivity index (χ3v) is 4.79. The van der Waals surface area contributed by atoms with Gasteiger partial charge in [0, 0.05) is 31.1 Å². The van der Waals surface area contributed by atoms with Crippen molar-refractivity contribution < 1.29 is 4.79 Å². The van der Waals surface area contributed by atoms with Crippen LogP contribution in [0.5, 0.6) is 0 Å². The number of amides is 1. The predicted octanol–water partition coefficient (Wildman–Crippen LogP) is 4.21. The van der Waals surface area contributed by atoms with Crippen LogP contribution in [-0.2, 0) is 11.3 Å². The fourth-order valence-corrected chi connectivity index (χ4v) is 3.70. The Labute approximate surface area is 148 Å². The standard InChI is InChI=1S/C21H23N3O/c1-15(2)13-24-19-11-7-6-10-18(19)22-21(24)16-12-20(25)23(14-16)17-8-4-3-5-9-17/h3-11,15-16H,12-14H2,1-2H3/t16-/m1/s1. The van der Waals surface area contributed by atoms with Gasteiger partial charge < -0.3 is 9.47 Å². The number of carbonyl (C=O) groups excluding carboxylic acids is 1. The number of anilines is 1. The summed E-state index contributed by atoms with van der Waals surface area (Å²) in [5.74, 6) is 1.89. The zero-order valence-electron chi connectivity index (χ0n) is 14.7. The first-order valence-corrected chi connectivity index (χ1v) is 8.94. The average molecular weight is 333 g/mol. The number of hydrogen-bond donors (Lipinski definition) is 0. The molecule has 1 aliphatic heterocycles. The molecule has 0 N–H and O–H groups in total. The fraction of sp³-hybridized carbons (Fsp3) is 0.333. The Balaban J connectivity index is 1.71. The van der Waals surface area contributed by atoms with Crippen molar-refractivity contribution in [3.05, 3.63) is 60.4 Å². The third-order valence-electron chi connectivity index (χ3n) is 4.79. The van der Waals surface area contributed by atoms with Crippen LogP contribution in [0.2, 0.25) is 0 Å². The van der Waals surface area contributed by atoms with E-state index >= 15 is 0 Å². The van der Waals surface area contributed by atoms with Gasteiger partial charge in [0.25, 0.3) is 0 Å². The second-order valence-electron chi connectivity index (χ2n) is 7.20. The normalized spacial score (nSPS) is 17.8. The van der Waals surface area contributed by atoms with Gasteiger partial charge in [-0.2, -0.15) is 0 Å². The molecule has 3 aromatic rings. The maximum Gasteiger partial charge on any atom is 0.227 e. The van der Waals surface area contributed by atoms with Crippen LogP contribution >= 0.6 is 0 Å². The van der Waals surface area contributed by atoms with Gasteiger partial charge in [-0.1, -0.05) is 44.2 Å². The van der Waals surface area contributed by atoms with Crippen LogP contribution < -0.4 is 4.90 Å². The number of benzene rings is 2. The Morgan fingerprint density at radius 1 is 1.08 bits per heavy atom. The van der Waals surface area contributed by atoms with Gasteiger partial charge >= 0.3 is 0 Å². The molecule has 1 fully saturated rings. The molecular formula is C21H23N3O. The van der Waals surface area contributed by atoms with E-state index in [2.05, 4.69) is 36.6 Å². The maximum atomic E-state index is 12.6. The molecule has 2 heterocycles. The zero-order chi connectivity index (χ0) is 17.4. The Morgan fingerprint density at radius 3 is 2.56 bits per heavy atom. The Bertz CT molecular complexity index is 898. The summed E-state index contributed by atoms with van der Waals surface area (Å²) >= 11 is 0. The first kappa shape index (κ1) is 15.9. The lowest BCUT2D eigenvalue weighted by Crippen LogP contribution is -2.24. The smallest absolute Gasteiger partial charge is 0.227 e. The molecule has 4 nitrogen and oxygen atoms in total. The molecule has 0 spiro atoms. The highest BCUT2D eigenvalue weighted by Gasteiger charge is 2.34. The minimum atomic E-state index is 0.138. The van der Waals surface area contributed by atoms with Crippen LogP contribution in [0.4, 0.5) is 5.69 Å². The number of rotatable bonds is 4. The summed E-state index contributed by atoms with van der Waals surface area (Å²) in [6.07, 6.45) is 0.524. The summed E-state index contributed by atoms with van der Waals surface area (Å²) in [5.41, 5.74) is 3.15. The number of carbonyl (C=O) groups is 1. The Morgan fingerprint density at radius 2 is 1.80 bits per heavy atom. The molecular weight excluding hydrogens is 310 g/mol. The number of imidazole rings is 1. The highest BCUT2D eigenvalue weighted by molar-refractivity contribution is 5.96. The molecule has 1 aromatic heterocycles. The van der Waals surface area contributed by atoms with Gasteiger partial charge in [0.1, 0.15) is 5.82 Å². The van der Waals surface area contributed by atoms with Crippen molar-refractivity contribution in [2.45, 2.75) is 32.7 Å². The molecule has 4 rings (SSSR count). The van der Waals surface area contributed by atoms with Crippen LogP contribution in [0.1, 0.15) is 32.0 Å². The first-order chi connectivity index (χ1) is 12.1. The lowest BCUT2D eigenvalue weighted by molar-refractivity contribution is -0.117. The van der Waals surface area contributed by atoms with E-state index in [0.717, 1.165) is 29.1 Å². The summed E-state index contributed by atoms with van der Waals surface area (Å²) in [5, 5.41) is 0. The lowest BCUT2D eigenvalue weighted by atomic mass is 10.1. The third kappa shape index (κ3) is 2.93. The van der Waals surface area contributed by atoms with E-state index in [1.807, 2.05) is 41.3 Å². The minimum absolute atomic E-state index is 0.138. The summed E-state index contributed by atoms with van der Waals surface area (Å²) in [4.78, 5) is 19.4. The zero-order valence-corrected chi connectivity index (χ0v) is 14.7. The van der Waals surface area contributed by atoms with E-state index in [-0.39, 0.29) is 11.8 Å². The first-order valence-electron chi connectivity index (χ1n) is 8.94. The molecule has 0 unspecified atom stereocenters. The van der Waals surface area contributed by atoms with Crippen molar-refractivity contribution >= 4 is 22.6 Å². The number of nitrogens with zero attached hydrogens (tertiary/aromatic N) is 3.